The molecule has 0 rings (SSSR count). The van der Waals surface area contributed by atoms with Crippen molar-refractivity contribution in [2.75, 3.05) is 46.0 Å². The predicted octanol–water partition coefficient (Wildman–Crippen LogP) is 4.89. The Morgan fingerprint density at radius 2 is 0.818 bits per heavy atom. The van der Waals surface area contributed by atoms with E-state index in [-0.39, 0.29) is 0 Å². The van der Waals surface area contributed by atoms with Gasteiger partial charge in [-0.15, -0.1) is 0 Å². The second-order valence-electron chi connectivity index (χ2n) is 4.62. The molecule has 0 spiro atoms. The lowest BCUT2D eigenvalue weighted by atomic mass is 10.5. The fourth-order valence-electron chi connectivity index (χ4n) is 1.14. The standard InChI is InChI=1S/C12H26S10/c13-1-9(15)3-19-5-11(17)7-21-22-8-12(18)6-20-4-10(16)2-14/h9-18H,1-8H2. The van der Waals surface area contributed by atoms with Gasteiger partial charge in [-0.05, 0) is 0 Å². The molecule has 4 atom stereocenters. The molecule has 0 aliphatic heterocycles. The molecule has 22 heavy (non-hydrogen) atoms. The van der Waals surface area contributed by atoms with E-state index in [1.54, 1.807) is 0 Å². The zero-order chi connectivity index (χ0) is 16.8. The van der Waals surface area contributed by atoms with Crippen LogP contribution in [-0.2, 0) is 0 Å². The van der Waals surface area contributed by atoms with E-state index in [4.69, 9.17) is 0 Å². The molecule has 4 unspecified atom stereocenters. The van der Waals surface area contributed by atoms with Crippen molar-refractivity contribution in [3.05, 3.63) is 0 Å². The smallest absolute Gasteiger partial charge is 0.0206 e. The highest BCUT2D eigenvalue weighted by molar-refractivity contribution is 8.76. The van der Waals surface area contributed by atoms with Crippen LogP contribution in [0.2, 0.25) is 0 Å². The van der Waals surface area contributed by atoms with Crippen molar-refractivity contribution in [1.82, 2.24) is 0 Å². The van der Waals surface area contributed by atoms with Crippen molar-refractivity contribution in [1.29, 1.82) is 0 Å². The first-order valence-corrected chi connectivity index (χ1v) is 15.0. The zero-order valence-electron chi connectivity index (χ0n) is 12.3. The van der Waals surface area contributed by atoms with Crippen LogP contribution in [0.5, 0.6) is 0 Å². The maximum atomic E-state index is 4.64. The lowest BCUT2D eigenvalue weighted by Gasteiger charge is -2.13. The van der Waals surface area contributed by atoms with E-state index in [0.717, 1.165) is 46.0 Å². The Kier molecular flexibility index (Phi) is 20.7. The fraction of sp³-hybridized carbons (Fsp3) is 1.00. The van der Waals surface area contributed by atoms with Gasteiger partial charge in [0.1, 0.15) is 0 Å². The second-order valence-corrected chi connectivity index (χ2v) is 13.0. The molecule has 0 amide bonds. The molecule has 134 valence electrons. The molecule has 0 radical (unpaired) electrons. The van der Waals surface area contributed by atoms with E-state index in [2.05, 4.69) is 75.8 Å². The molecular weight excluding hydrogens is 465 g/mol. The van der Waals surface area contributed by atoms with Gasteiger partial charge in [-0.3, -0.25) is 0 Å². The van der Waals surface area contributed by atoms with E-state index in [1.807, 2.05) is 45.1 Å². The molecular formula is C12H26S10. The molecule has 0 fully saturated rings. The lowest BCUT2D eigenvalue weighted by Crippen LogP contribution is -2.11. The van der Waals surface area contributed by atoms with Crippen molar-refractivity contribution in [3.8, 4) is 0 Å². The van der Waals surface area contributed by atoms with Crippen LogP contribution in [0.15, 0.2) is 0 Å². The molecule has 0 bridgehead atoms. The summed E-state index contributed by atoms with van der Waals surface area (Å²) >= 11 is 30.5. The van der Waals surface area contributed by atoms with Gasteiger partial charge in [-0.2, -0.15) is 99.3 Å². The topological polar surface area (TPSA) is 0 Å². The van der Waals surface area contributed by atoms with Crippen LogP contribution < -0.4 is 0 Å². The Labute approximate surface area is 186 Å². The number of hydrogen-bond acceptors (Lipinski definition) is 10. The average molecular weight is 491 g/mol. The third-order valence-corrected chi connectivity index (χ3v) is 11.8. The summed E-state index contributed by atoms with van der Waals surface area (Å²) in [7, 11) is 3.81. The second kappa shape index (κ2) is 17.9. The van der Waals surface area contributed by atoms with Crippen molar-refractivity contribution in [3.63, 3.8) is 0 Å². The summed E-state index contributed by atoms with van der Waals surface area (Å²) < 4.78 is 0. The molecule has 0 N–H and O–H groups in total. The molecule has 0 heterocycles. The minimum atomic E-state index is 0.387. The summed E-state index contributed by atoms with van der Waals surface area (Å²) in [5, 5.41) is 1.66. The van der Waals surface area contributed by atoms with Gasteiger partial charge in [-0.25, -0.2) is 0 Å². The van der Waals surface area contributed by atoms with Gasteiger partial charge >= 0.3 is 0 Å². The number of thiol groups is 6. The quantitative estimate of drug-likeness (QED) is 0.110. The monoisotopic (exact) mass is 490 g/mol. The van der Waals surface area contributed by atoms with Crippen LogP contribution in [0.1, 0.15) is 0 Å². The molecule has 0 aromatic heterocycles. The molecule has 10 heteroatoms. The van der Waals surface area contributed by atoms with E-state index in [0.29, 0.717) is 21.0 Å². The van der Waals surface area contributed by atoms with Gasteiger partial charge in [0.25, 0.3) is 0 Å². The summed E-state index contributed by atoms with van der Waals surface area (Å²) in [6.45, 7) is 0. The summed E-state index contributed by atoms with van der Waals surface area (Å²) in [5.41, 5.74) is 0. The first kappa shape index (κ1) is 25.5. The summed E-state index contributed by atoms with van der Waals surface area (Å²) in [6, 6.07) is 0. The Morgan fingerprint density at radius 1 is 0.500 bits per heavy atom. The molecule has 0 nitrogen and oxygen atoms in total. The van der Waals surface area contributed by atoms with E-state index in [9.17, 15) is 0 Å². The summed E-state index contributed by atoms with van der Waals surface area (Å²) in [4.78, 5) is 0. The Hall–Kier alpha value is 3.50. The first-order chi connectivity index (χ1) is 10.5. The van der Waals surface area contributed by atoms with Gasteiger partial charge in [0, 0.05) is 67.0 Å². The average Bonchev–Trinajstić information content (AvgIpc) is 2.51. The zero-order valence-corrected chi connectivity index (χ0v) is 20.9. The van der Waals surface area contributed by atoms with Gasteiger partial charge in [-0.1, -0.05) is 21.6 Å². The number of hydrogen-bond donors (Lipinski definition) is 6. The maximum absolute atomic E-state index is 4.64. The molecule has 0 aliphatic carbocycles. The number of thioether (sulfide) groups is 2. The van der Waals surface area contributed by atoms with Crippen LogP contribution in [-0.4, -0.2) is 67.0 Å². The molecule has 0 aliphatic rings. The summed E-state index contributed by atoms with van der Waals surface area (Å²) in [5.74, 6) is 8.08. The Bertz CT molecular complexity index is 218. The SMILES string of the molecule is SCC(S)CSCC(S)CSSCC(S)CSCC(S)CS. The minimum absolute atomic E-state index is 0.387. The van der Waals surface area contributed by atoms with Crippen molar-refractivity contribution in [2.45, 2.75) is 21.0 Å². The van der Waals surface area contributed by atoms with E-state index >= 15 is 0 Å². The normalized spacial score (nSPS) is 17.2. The molecule has 0 aromatic carbocycles. The number of rotatable bonds is 15. The Morgan fingerprint density at radius 3 is 1.14 bits per heavy atom. The van der Waals surface area contributed by atoms with E-state index < -0.39 is 0 Å². The minimum Gasteiger partial charge on any atom is -0.178 e. The summed E-state index contributed by atoms with van der Waals surface area (Å²) in [6.07, 6.45) is 0. The van der Waals surface area contributed by atoms with Crippen LogP contribution in [0.3, 0.4) is 0 Å². The van der Waals surface area contributed by atoms with Crippen molar-refractivity contribution in [2.24, 2.45) is 0 Å². The van der Waals surface area contributed by atoms with Gasteiger partial charge in [0.05, 0.1) is 0 Å². The highest BCUT2D eigenvalue weighted by Gasteiger charge is 2.09. The van der Waals surface area contributed by atoms with Crippen LogP contribution >= 0.6 is 121 Å². The first-order valence-electron chi connectivity index (χ1n) is 6.83. The van der Waals surface area contributed by atoms with Gasteiger partial charge < -0.3 is 0 Å². The van der Waals surface area contributed by atoms with Gasteiger partial charge in [0.2, 0.25) is 0 Å². The molecule has 0 saturated heterocycles. The molecule has 0 saturated carbocycles. The maximum Gasteiger partial charge on any atom is 0.0206 e. The largest absolute Gasteiger partial charge is 0.178 e. The Balaban J connectivity index is 3.43. The van der Waals surface area contributed by atoms with Crippen LogP contribution in [0, 0.1) is 0 Å². The fourth-order valence-corrected chi connectivity index (χ4v) is 8.50. The lowest BCUT2D eigenvalue weighted by molar-refractivity contribution is 1.13. The third-order valence-electron chi connectivity index (χ3n) is 2.27. The van der Waals surface area contributed by atoms with Crippen LogP contribution in [0.4, 0.5) is 0 Å². The molecule has 0 aromatic rings. The van der Waals surface area contributed by atoms with Crippen molar-refractivity contribution < 1.29 is 0 Å². The van der Waals surface area contributed by atoms with Gasteiger partial charge in [0.15, 0.2) is 0 Å². The van der Waals surface area contributed by atoms with Crippen LogP contribution in [0.25, 0.3) is 0 Å². The predicted molar refractivity (Wildman–Crippen MR) is 138 cm³/mol. The highest BCUT2D eigenvalue weighted by atomic mass is 33.1. The van der Waals surface area contributed by atoms with Crippen molar-refractivity contribution >= 4 is 121 Å². The van der Waals surface area contributed by atoms with E-state index in [1.165, 1.54) is 0 Å². The third kappa shape index (κ3) is 16.9. The highest BCUT2D eigenvalue weighted by Crippen LogP contribution is 2.28.